The molecule has 0 aromatic heterocycles. The first-order valence-electron chi connectivity index (χ1n) is 14.5. The Morgan fingerprint density at radius 2 is 1.03 bits per heavy atom. The van der Waals surface area contributed by atoms with Gasteiger partial charge in [0.15, 0.2) is 0 Å². The van der Waals surface area contributed by atoms with Crippen LogP contribution >= 0.6 is 0 Å². The molecule has 1 N–H and O–H groups in total. The Bertz CT molecular complexity index is 942. The summed E-state index contributed by atoms with van der Waals surface area (Å²) in [5.74, 6) is 1.05. The lowest BCUT2D eigenvalue weighted by Gasteiger charge is -2.08. The summed E-state index contributed by atoms with van der Waals surface area (Å²) in [5.41, 5.74) is 0.447. The van der Waals surface area contributed by atoms with Crippen molar-refractivity contribution in [2.24, 2.45) is 0 Å². The number of hydrogen-bond donors (Lipinski definition) is 1. The van der Waals surface area contributed by atoms with Gasteiger partial charge in [-0.2, -0.15) is 0 Å². The Labute approximate surface area is 224 Å². The number of rotatable bonds is 20. The summed E-state index contributed by atoms with van der Waals surface area (Å²) in [5, 5.41) is 2.72. The summed E-state index contributed by atoms with van der Waals surface area (Å²) < 4.78 is 11.6. The first kappa shape index (κ1) is 30.4. The summed E-state index contributed by atoms with van der Waals surface area (Å²) in [6.45, 7) is 5.73. The van der Waals surface area contributed by atoms with Crippen molar-refractivity contribution < 1.29 is 14.3 Å². The summed E-state index contributed by atoms with van der Waals surface area (Å²) in [4.78, 5) is 25.1. The Kier molecular flexibility index (Phi) is 15.9. The van der Waals surface area contributed by atoms with Gasteiger partial charge in [-0.15, -0.1) is 0 Å². The van der Waals surface area contributed by atoms with Crippen LogP contribution in [0.3, 0.4) is 0 Å². The van der Waals surface area contributed by atoms with Crippen molar-refractivity contribution >= 4 is 11.6 Å². The second-order valence-corrected chi connectivity index (χ2v) is 9.77. The van der Waals surface area contributed by atoms with Crippen LogP contribution in [0, 0.1) is 0 Å². The van der Waals surface area contributed by atoms with E-state index in [-0.39, 0.29) is 17.0 Å². The molecule has 0 atom stereocenters. The second-order valence-electron chi connectivity index (χ2n) is 9.77. The van der Waals surface area contributed by atoms with E-state index in [0.29, 0.717) is 24.5 Å². The van der Waals surface area contributed by atoms with Crippen molar-refractivity contribution in [1.82, 2.24) is 0 Å². The maximum atomic E-state index is 12.7. The molecule has 0 bridgehead atoms. The quantitative estimate of drug-likeness (QED) is 0.182. The van der Waals surface area contributed by atoms with E-state index in [1.165, 1.54) is 76.7 Å². The molecule has 2 rings (SSSR count). The Balaban J connectivity index is 1.69. The Morgan fingerprint density at radius 1 is 0.595 bits per heavy atom. The number of benzene rings is 1. The van der Waals surface area contributed by atoms with E-state index < -0.39 is 0 Å². The molecule has 2 aromatic carbocycles. The summed E-state index contributed by atoms with van der Waals surface area (Å²) in [6.07, 6.45) is 17.4. The maximum absolute atomic E-state index is 12.7. The number of unbranched alkanes of at least 4 members (excludes halogenated alkanes) is 12. The van der Waals surface area contributed by atoms with Crippen LogP contribution in [0.15, 0.2) is 53.3 Å². The first-order valence-corrected chi connectivity index (χ1v) is 14.5. The van der Waals surface area contributed by atoms with Crippen LogP contribution in [0.2, 0.25) is 0 Å². The van der Waals surface area contributed by atoms with Crippen LogP contribution in [-0.4, -0.2) is 19.1 Å². The number of carbonyl (C=O) groups is 1. The van der Waals surface area contributed by atoms with Gasteiger partial charge in [0.05, 0.1) is 18.9 Å². The van der Waals surface area contributed by atoms with E-state index in [1.807, 2.05) is 0 Å². The van der Waals surface area contributed by atoms with Gasteiger partial charge in [-0.3, -0.25) is 9.59 Å². The molecule has 37 heavy (non-hydrogen) atoms. The van der Waals surface area contributed by atoms with Crippen LogP contribution in [0.5, 0.6) is 11.5 Å². The molecule has 0 aliphatic carbocycles. The van der Waals surface area contributed by atoms with Crippen LogP contribution < -0.4 is 20.2 Å². The van der Waals surface area contributed by atoms with Gasteiger partial charge >= 0.3 is 0 Å². The van der Waals surface area contributed by atoms with E-state index in [4.69, 9.17) is 9.47 Å². The normalized spacial score (nSPS) is 10.8. The SMILES string of the molecule is CCCCCCCCCCCCOc1ccc(C(=O)Nc2ccc(OCCCCCC)ccc2=O)cc1. The van der Waals surface area contributed by atoms with Crippen molar-refractivity contribution in [2.75, 3.05) is 18.5 Å². The molecule has 2 aromatic rings. The van der Waals surface area contributed by atoms with E-state index in [0.717, 1.165) is 25.0 Å². The van der Waals surface area contributed by atoms with Gasteiger partial charge < -0.3 is 14.8 Å². The predicted octanol–water partition coefficient (Wildman–Crippen LogP) is 8.56. The number of ether oxygens (including phenoxy) is 2. The van der Waals surface area contributed by atoms with E-state index in [1.54, 1.807) is 42.5 Å². The summed E-state index contributed by atoms with van der Waals surface area (Å²) >= 11 is 0. The van der Waals surface area contributed by atoms with Gasteiger partial charge in [0.1, 0.15) is 11.5 Å². The number of hydrogen-bond acceptors (Lipinski definition) is 4. The standard InChI is InChI=1S/C32H47NO4/c1-3-5-7-9-10-11-12-13-14-16-26-36-28-19-17-27(18-20-28)32(35)33-30-23-21-29(22-24-31(30)34)37-25-15-8-6-4-2/h17-24H,3-16,25-26H2,1-2H3,(H,33,34,35). The Morgan fingerprint density at radius 3 is 1.57 bits per heavy atom. The molecular weight excluding hydrogens is 462 g/mol. The largest absolute Gasteiger partial charge is 0.494 e. The predicted molar refractivity (Wildman–Crippen MR) is 154 cm³/mol. The first-order chi connectivity index (χ1) is 18.1. The number of anilines is 1. The maximum Gasteiger partial charge on any atom is 0.255 e. The van der Waals surface area contributed by atoms with Crippen molar-refractivity contribution in [3.05, 3.63) is 64.3 Å². The summed E-state index contributed by atoms with van der Waals surface area (Å²) in [7, 11) is 0. The molecule has 5 heteroatoms. The van der Waals surface area contributed by atoms with Crippen molar-refractivity contribution in [3.63, 3.8) is 0 Å². The van der Waals surface area contributed by atoms with Gasteiger partial charge in [0.2, 0.25) is 5.43 Å². The molecular formula is C32H47NO4. The molecule has 1 amide bonds. The van der Waals surface area contributed by atoms with Gasteiger partial charge in [-0.1, -0.05) is 90.9 Å². The van der Waals surface area contributed by atoms with Crippen molar-refractivity contribution in [1.29, 1.82) is 0 Å². The lowest BCUT2D eigenvalue weighted by molar-refractivity contribution is 0.102. The van der Waals surface area contributed by atoms with Crippen LogP contribution in [0.4, 0.5) is 5.69 Å². The fraction of sp³-hybridized carbons (Fsp3) is 0.562. The van der Waals surface area contributed by atoms with Crippen LogP contribution in [0.1, 0.15) is 114 Å². The zero-order valence-electron chi connectivity index (χ0n) is 23.1. The van der Waals surface area contributed by atoms with E-state index in [9.17, 15) is 9.59 Å². The molecule has 0 aliphatic heterocycles. The third kappa shape index (κ3) is 13.3. The van der Waals surface area contributed by atoms with E-state index in [2.05, 4.69) is 19.2 Å². The number of amides is 1. The minimum Gasteiger partial charge on any atom is -0.494 e. The second kappa shape index (κ2) is 19.3. The molecule has 5 nitrogen and oxygen atoms in total. The molecule has 0 radical (unpaired) electrons. The zero-order chi connectivity index (χ0) is 26.6. The fourth-order valence-corrected chi connectivity index (χ4v) is 4.15. The van der Waals surface area contributed by atoms with Gasteiger partial charge in [-0.25, -0.2) is 0 Å². The van der Waals surface area contributed by atoms with Gasteiger partial charge in [0.25, 0.3) is 5.91 Å². The highest BCUT2D eigenvalue weighted by atomic mass is 16.5. The molecule has 0 saturated heterocycles. The molecule has 204 valence electrons. The lowest BCUT2D eigenvalue weighted by atomic mass is 10.1. The van der Waals surface area contributed by atoms with Crippen LogP contribution in [0.25, 0.3) is 0 Å². The van der Waals surface area contributed by atoms with Crippen LogP contribution in [-0.2, 0) is 0 Å². The van der Waals surface area contributed by atoms with E-state index >= 15 is 0 Å². The average molecular weight is 510 g/mol. The Hall–Kier alpha value is -2.82. The minimum atomic E-state index is -0.327. The highest BCUT2D eigenvalue weighted by Gasteiger charge is 2.08. The number of nitrogens with one attached hydrogen (secondary N) is 1. The molecule has 0 spiro atoms. The highest BCUT2D eigenvalue weighted by molar-refractivity contribution is 6.04. The molecule has 0 heterocycles. The monoisotopic (exact) mass is 509 g/mol. The fourth-order valence-electron chi connectivity index (χ4n) is 4.15. The zero-order valence-corrected chi connectivity index (χ0v) is 23.1. The molecule has 0 fully saturated rings. The van der Waals surface area contributed by atoms with Crippen molar-refractivity contribution in [2.45, 2.75) is 104 Å². The van der Waals surface area contributed by atoms with Gasteiger partial charge in [-0.05, 0) is 61.4 Å². The molecule has 0 unspecified atom stereocenters. The molecule has 0 saturated carbocycles. The average Bonchev–Trinajstić information content (AvgIpc) is 3.08. The summed E-state index contributed by atoms with van der Waals surface area (Å²) in [6, 6.07) is 13.5. The third-order valence-electron chi connectivity index (χ3n) is 6.48. The highest BCUT2D eigenvalue weighted by Crippen LogP contribution is 2.16. The van der Waals surface area contributed by atoms with Gasteiger partial charge in [0, 0.05) is 5.56 Å². The minimum absolute atomic E-state index is 0.229. The molecule has 0 aliphatic rings. The number of carbonyl (C=O) groups excluding carboxylic acids is 1. The smallest absolute Gasteiger partial charge is 0.255 e. The van der Waals surface area contributed by atoms with Crippen molar-refractivity contribution in [3.8, 4) is 11.5 Å². The topological polar surface area (TPSA) is 64.6 Å². The third-order valence-corrected chi connectivity index (χ3v) is 6.48. The lowest BCUT2D eigenvalue weighted by Crippen LogP contribution is -2.16.